The number of nitrogens with zero attached hydrogens (tertiary/aromatic N) is 3. The van der Waals surface area contributed by atoms with Gasteiger partial charge in [-0.1, -0.05) is 41.2 Å². The van der Waals surface area contributed by atoms with E-state index < -0.39 is 0 Å². The second-order valence-electron chi connectivity index (χ2n) is 6.08. The highest BCUT2D eigenvalue weighted by Gasteiger charge is 2.09. The summed E-state index contributed by atoms with van der Waals surface area (Å²) < 4.78 is 0. The van der Waals surface area contributed by atoms with Gasteiger partial charge in [0.1, 0.15) is 15.8 Å². The van der Waals surface area contributed by atoms with Crippen molar-refractivity contribution in [1.29, 1.82) is 0 Å². The highest BCUT2D eigenvalue weighted by molar-refractivity contribution is 7.14. The fourth-order valence-corrected chi connectivity index (χ4v) is 3.34. The van der Waals surface area contributed by atoms with Gasteiger partial charge in [-0.05, 0) is 43.5 Å². The Kier molecular flexibility index (Phi) is 4.18. The first kappa shape index (κ1) is 16.4. The molecule has 26 heavy (non-hydrogen) atoms. The van der Waals surface area contributed by atoms with Gasteiger partial charge >= 0.3 is 0 Å². The summed E-state index contributed by atoms with van der Waals surface area (Å²) in [5.41, 5.74) is 2.73. The quantitative estimate of drug-likeness (QED) is 0.579. The van der Waals surface area contributed by atoms with Gasteiger partial charge in [0.05, 0.1) is 0 Å². The van der Waals surface area contributed by atoms with E-state index in [0.717, 1.165) is 31.9 Å². The lowest BCUT2D eigenvalue weighted by Crippen LogP contribution is -2.12. The maximum Gasteiger partial charge on any atom is 0.256 e. The molecule has 4 rings (SSSR count). The average Bonchev–Trinajstić information content (AvgIpc) is 3.08. The van der Waals surface area contributed by atoms with Crippen molar-refractivity contribution in [1.82, 2.24) is 15.2 Å². The van der Waals surface area contributed by atoms with Gasteiger partial charge in [0.15, 0.2) is 0 Å². The van der Waals surface area contributed by atoms with E-state index in [1.54, 1.807) is 17.5 Å². The summed E-state index contributed by atoms with van der Waals surface area (Å²) in [5.74, 6) is 0.349. The minimum atomic E-state index is -0.173. The number of benzene rings is 2. The van der Waals surface area contributed by atoms with Crippen LogP contribution in [0.25, 0.3) is 21.3 Å². The molecule has 6 heteroatoms. The molecule has 0 radical (unpaired) electrons. The molecule has 4 aromatic rings. The summed E-state index contributed by atoms with van der Waals surface area (Å²) in [5, 5.41) is 14.9. The standard InChI is InChI=1S/C20H16N4OS/c1-12-3-5-14(6-4-12)19(25)22-18-10-17-9-15(7-8-16(17)11-21-18)20-24-23-13(2)26-20/h3-11H,1-2H3,(H,21,22,25). The van der Waals surface area contributed by atoms with Crippen LogP contribution in [0.3, 0.4) is 0 Å². The molecule has 2 aromatic carbocycles. The third-order valence-electron chi connectivity index (χ3n) is 4.05. The number of hydrogen-bond acceptors (Lipinski definition) is 5. The van der Waals surface area contributed by atoms with Crippen molar-refractivity contribution in [3.05, 3.63) is 70.9 Å². The van der Waals surface area contributed by atoms with Crippen LogP contribution in [0.2, 0.25) is 0 Å². The fourth-order valence-electron chi connectivity index (χ4n) is 2.65. The zero-order valence-corrected chi connectivity index (χ0v) is 15.2. The molecule has 2 aromatic heterocycles. The molecule has 0 aliphatic carbocycles. The molecule has 0 spiro atoms. The van der Waals surface area contributed by atoms with E-state index in [2.05, 4.69) is 20.5 Å². The lowest BCUT2D eigenvalue weighted by molar-refractivity contribution is 0.102. The Morgan fingerprint density at radius 2 is 1.77 bits per heavy atom. The van der Waals surface area contributed by atoms with Crippen molar-refractivity contribution in [2.75, 3.05) is 5.32 Å². The molecule has 0 saturated carbocycles. The first-order chi connectivity index (χ1) is 12.6. The predicted octanol–water partition coefficient (Wildman–Crippen LogP) is 4.62. The Bertz CT molecular complexity index is 1100. The minimum Gasteiger partial charge on any atom is -0.307 e. The molecule has 5 nitrogen and oxygen atoms in total. The molecule has 0 aliphatic rings. The lowest BCUT2D eigenvalue weighted by atomic mass is 10.1. The van der Waals surface area contributed by atoms with Gasteiger partial charge in [-0.25, -0.2) is 4.98 Å². The monoisotopic (exact) mass is 360 g/mol. The molecule has 0 fully saturated rings. The average molecular weight is 360 g/mol. The summed E-state index contributed by atoms with van der Waals surface area (Å²) in [6, 6.07) is 15.4. The van der Waals surface area contributed by atoms with E-state index in [1.807, 2.05) is 62.4 Å². The zero-order chi connectivity index (χ0) is 18.1. The van der Waals surface area contributed by atoms with Crippen molar-refractivity contribution < 1.29 is 4.79 Å². The second-order valence-corrected chi connectivity index (χ2v) is 7.26. The van der Waals surface area contributed by atoms with Crippen LogP contribution < -0.4 is 5.32 Å². The molecule has 1 amide bonds. The third kappa shape index (κ3) is 3.32. The highest BCUT2D eigenvalue weighted by Crippen LogP contribution is 2.27. The van der Waals surface area contributed by atoms with Gasteiger partial charge < -0.3 is 5.32 Å². The van der Waals surface area contributed by atoms with Crippen molar-refractivity contribution in [2.45, 2.75) is 13.8 Å². The summed E-state index contributed by atoms with van der Waals surface area (Å²) in [7, 11) is 0. The minimum absolute atomic E-state index is 0.173. The van der Waals surface area contributed by atoms with Crippen LogP contribution in [0.5, 0.6) is 0 Å². The molecule has 128 valence electrons. The smallest absolute Gasteiger partial charge is 0.256 e. The number of pyridine rings is 1. The van der Waals surface area contributed by atoms with E-state index in [0.29, 0.717) is 11.4 Å². The van der Waals surface area contributed by atoms with Crippen molar-refractivity contribution in [2.24, 2.45) is 0 Å². The van der Waals surface area contributed by atoms with E-state index in [4.69, 9.17) is 0 Å². The van der Waals surface area contributed by atoms with Gasteiger partial charge in [0.2, 0.25) is 0 Å². The van der Waals surface area contributed by atoms with Crippen LogP contribution >= 0.6 is 11.3 Å². The molecular formula is C20H16N4OS. The Hall–Kier alpha value is -3.12. The van der Waals surface area contributed by atoms with Crippen LogP contribution in [0.1, 0.15) is 20.9 Å². The number of carbonyl (C=O) groups excluding carboxylic acids is 1. The zero-order valence-electron chi connectivity index (χ0n) is 14.4. The topological polar surface area (TPSA) is 67.8 Å². The molecular weight excluding hydrogens is 344 g/mol. The number of carbonyl (C=O) groups is 1. The third-order valence-corrected chi connectivity index (χ3v) is 4.94. The van der Waals surface area contributed by atoms with Gasteiger partial charge in [0, 0.05) is 22.7 Å². The summed E-state index contributed by atoms with van der Waals surface area (Å²) in [6.45, 7) is 3.93. The molecule has 0 atom stereocenters. The van der Waals surface area contributed by atoms with Gasteiger partial charge in [-0.15, -0.1) is 10.2 Å². The number of aryl methyl sites for hydroxylation is 2. The number of hydrogen-bond donors (Lipinski definition) is 1. The molecule has 1 N–H and O–H groups in total. The van der Waals surface area contributed by atoms with Gasteiger partial charge in [0.25, 0.3) is 5.91 Å². The maximum absolute atomic E-state index is 12.4. The van der Waals surface area contributed by atoms with Crippen LogP contribution in [-0.2, 0) is 0 Å². The molecule has 0 bridgehead atoms. The predicted molar refractivity (Wildman–Crippen MR) is 105 cm³/mol. The van der Waals surface area contributed by atoms with Gasteiger partial charge in [-0.3, -0.25) is 4.79 Å². The van der Waals surface area contributed by atoms with E-state index in [1.165, 1.54) is 0 Å². The molecule has 0 unspecified atom stereocenters. The second kappa shape index (κ2) is 6.65. The Morgan fingerprint density at radius 3 is 2.50 bits per heavy atom. The van der Waals surface area contributed by atoms with E-state index in [-0.39, 0.29) is 5.91 Å². The van der Waals surface area contributed by atoms with Crippen molar-refractivity contribution in [3.8, 4) is 10.6 Å². The van der Waals surface area contributed by atoms with Crippen LogP contribution in [0, 0.1) is 13.8 Å². The van der Waals surface area contributed by atoms with E-state index in [9.17, 15) is 4.79 Å². The van der Waals surface area contributed by atoms with Gasteiger partial charge in [-0.2, -0.15) is 0 Å². The first-order valence-electron chi connectivity index (χ1n) is 8.17. The number of nitrogens with one attached hydrogen (secondary N) is 1. The molecule has 0 aliphatic heterocycles. The molecule has 2 heterocycles. The Labute approximate surface area is 154 Å². The van der Waals surface area contributed by atoms with Crippen LogP contribution in [0.15, 0.2) is 54.7 Å². The fraction of sp³-hybridized carbons (Fsp3) is 0.100. The number of anilines is 1. The SMILES string of the molecule is Cc1ccc(C(=O)Nc2cc3cc(-c4nnc(C)s4)ccc3cn2)cc1. The van der Waals surface area contributed by atoms with Crippen molar-refractivity contribution >= 4 is 33.8 Å². The van der Waals surface area contributed by atoms with Crippen LogP contribution in [-0.4, -0.2) is 21.1 Å². The van der Waals surface area contributed by atoms with Crippen molar-refractivity contribution in [3.63, 3.8) is 0 Å². The molecule has 0 saturated heterocycles. The normalized spacial score (nSPS) is 10.8. The first-order valence-corrected chi connectivity index (χ1v) is 8.98. The van der Waals surface area contributed by atoms with E-state index >= 15 is 0 Å². The summed E-state index contributed by atoms with van der Waals surface area (Å²) in [4.78, 5) is 16.7. The number of fused-ring (bicyclic) bond motifs is 1. The Morgan fingerprint density at radius 1 is 0.962 bits per heavy atom. The highest BCUT2D eigenvalue weighted by atomic mass is 32.1. The van der Waals surface area contributed by atoms with Crippen LogP contribution in [0.4, 0.5) is 5.82 Å². The number of rotatable bonds is 3. The Balaban J connectivity index is 1.63. The number of amides is 1. The lowest BCUT2D eigenvalue weighted by Gasteiger charge is -2.07. The largest absolute Gasteiger partial charge is 0.307 e. The summed E-state index contributed by atoms with van der Waals surface area (Å²) >= 11 is 1.56. The maximum atomic E-state index is 12.4. The number of aromatic nitrogens is 3. The summed E-state index contributed by atoms with van der Waals surface area (Å²) in [6.07, 6.45) is 1.76.